The van der Waals surface area contributed by atoms with Gasteiger partial charge in [0.25, 0.3) is 0 Å². The number of aromatic nitrogens is 1. The third kappa shape index (κ3) is 3.84. The molecule has 0 aliphatic heterocycles. The molecule has 0 aliphatic carbocycles. The minimum absolute atomic E-state index is 0.0863. The minimum atomic E-state index is 0.0863. The Balaban J connectivity index is 1.75. The van der Waals surface area contributed by atoms with Crippen molar-refractivity contribution in [3.05, 3.63) is 64.2 Å². The van der Waals surface area contributed by atoms with Gasteiger partial charge in [0.1, 0.15) is 0 Å². The van der Waals surface area contributed by atoms with Crippen molar-refractivity contribution in [3.8, 4) is 11.3 Å². The van der Waals surface area contributed by atoms with Crippen molar-refractivity contribution in [2.24, 2.45) is 5.41 Å². The van der Waals surface area contributed by atoms with E-state index in [9.17, 15) is 0 Å². The Morgan fingerprint density at radius 1 is 0.875 bits per heavy atom. The van der Waals surface area contributed by atoms with Crippen LogP contribution < -0.4 is 0 Å². The van der Waals surface area contributed by atoms with Crippen LogP contribution in [0.1, 0.15) is 57.1 Å². The Morgan fingerprint density at radius 3 is 2.34 bits per heavy atom. The number of fused-ring (bicyclic) bond motifs is 4. The third-order valence-electron chi connectivity index (χ3n) is 6.22. The van der Waals surface area contributed by atoms with E-state index in [1.807, 2.05) is 6.20 Å². The van der Waals surface area contributed by atoms with Crippen LogP contribution in [0.15, 0.2) is 48.7 Å². The van der Waals surface area contributed by atoms with Crippen LogP contribution in [-0.2, 0) is 11.8 Å². The molecule has 3 heterocycles. The first-order valence-electron chi connectivity index (χ1n) is 11.4. The predicted octanol–water partition coefficient (Wildman–Crippen LogP) is 7.52. The summed E-state index contributed by atoms with van der Waals surface area (Å²) in [6.07, 6.45) is 3.25. The van der Waals surface area contributed by atoms with Crippen LogP contribution in [0.2, 0.25) is 0 Å². The average molecular weight is 551 g/mol. The molecule has 3 aromatic heterocycles. The average Bonchev–Trinajstić information content (AvgIpc) is 3.21. The summed E-state index contributed by atoms with van der Waals surface area (Å²) >= 11 is 0.881. The van der Waals surface area contributed by atoms with E-state index in [0.717, 1.165) is 0 Å². The van der Waals surface area contributed by atoms with E-state index >= 15 is 0 Å². The fourth-order valence-corrected chi connectivity index (χ4v) is 12.4. The normalized spacial score (nSPS) is 13.0. The van der Waals surface area contributed by atoms with Gasteiger partial charge in [-0.25, -0.2) is 0 Å². The Labute approximate surface area is 203 Å². The quantitative estimate of drug-likeness (QED) is 0.207. The monoisotopic (exact) mass is 553 g/mol. The molecular weight excluding hydrogens is 520 g/mol. The zero-order valence-electron chi connectivity index (χ0n) is 20.1. The summed E-state index contributed by atoms with van der Waals surface area (Å²) in [6, 6.07) is 15.8. The molecule has 3 heteroatoms. The zero-order chi connectivity index (χ0) is 22.8. The molecule has 5 rings (SSSR count). The van der Waals surface area contributed by atoms with Crippen molar-refractivity contribution in [3.63, 3.8) is 0 Å². The van der Waals surface area contributed by atoms with E-state index < -0.39 is 0 Å². The van der Waals surface area contributed by atoms with Crippen LogP contribution in [0.25, 0.3) is 40.2 Å². The van der Waals surface area contributed by atoms with Crippen molar-refractivity contribution >= 4 is 57.9 Å². The van der Waals surface area contributed by atoms with E-state index in [2.05, 4.69) is 90.9 Å². The summed E-state index contributed by atoms with van der Waals surface area (Å²) in [5.41, 5.74) is 5.88. The van der Waals surface area contributed by atoms with Gasteiger partial charge in [-0.2, -0.15) is 0 Å². The summed E-state index contributed by atoms with van der Waals surface area (Å²) < 4.78 is 4.93. The SMILES string of the molecule is Cc1c(CC(C)(C)C)[se]c2[se]c3c(-c4cc(C(C)(C)C)c5ccccc5c4)nccc3c12. The van der Waals surface area contributed by atoms with Gasteiger partial charge in [-0.1, -0.05) is 0 Å². The van der Waals surface area contributed by atoms with Crippen LogP contribution in [0.3, 0.4) is 0 Å². The second-order valence-corrected chi connectivity index (χ2v) is 17.0. The van der Waals surface area contributed by atoms with E-state index in [-0.39, 0.29) is 5.41 Å². The van der Waals surface area contributed by atoms with Crippen LogP contribution in [0.4, 0.5) is 0 Å². The topological polar surface area (TPSA) is 12.9 Å². The fourth-order valence-electron chi connectivity index (χ4n) is 4.68. The molecule has 1 nitrogen and oxygen atoms in total. The number of benzene rings is 2. The van der Waals surface area contributed by atoms with Crippen LogP contribution in [-0.4, -0.2) is 34.0 Å². The third-order valence-corrected chi connectivity index (χ3v) is 12.4. The maximum atomic E-state index is 4.96. The molecule has 0 aliphatic rings. The molecular formula is C29H31NSe2. The van der Waals surface area contributed by atoms with Gasteiger partial charge in [0.05, 0.1) is 0 Å². The van der Waals surface area contributed by atoms with Gasteiger partial charge in [0, 0.05) is 0 Å². The summed E-state index contributed by atoms with van der Waals surface area (Å²) in [7, 11) is 0. The Bertz CT molecular complexity index is 1470. The zero-order valence-corrected chi connectivity index (χ0v) is 23.5. The van der Waals surface area contributed by atoms with E-state index in [1.165, 1.54) is 43.7 Å². The fraction of sp³-hybridized carbons (Fsp3) is 0.345. The second kappa shape index (κ2) is 7.71. The molecule has 164 valence electrons. The summed E-state index contributed by atoms with van der Waals surface area (Å²) in [6.45, 7) is 16.4. The van der Waals surface area contributed by atoms with Crippen molar-refractivity contribution in [2.75, 3.05) is 0 Å². The van der Waals surface area contributed by atoms with Gasteiger partial charge in [0.15, 0.2) is 0 Å². The van der Waals surface area contributed by atoms with Gasteiger partial charge in [-0.05, 0) is 0 Å². The molecule has 0 amide bonds. The molecule has 0 atom stereocenters. The molecule has 0 fully saturated rings. The Morgan fingerprint density at radius 2 is 1.62 bits per heavy atom. The van der Waals surface area contributed by atoms with Crippen LogP contribution in [0, 0.1) is 12.3 Å². The molecule has 0 saturated heterocycles. The van der Waals surface area contributed by atoms with Gasteiger partial charge in [-0.15, -0.1) is 0 Å². The standard InChI is InChI=1S/C29H31NSe2/c1-17-23(16-28(2,3)4)31-27-24(17)21-12-13-30-25(26(21)32-27)19-14-18-10-8-9-11-20(18)22(15-19)29(5,6)7/h8-15H,16H2,1-7H3. The molecule has 0 spiro atoms. The van der Waals surface area contributed by atoms with E-state index in [4.69, 9.17) is 4.98 Å². The van der Waals surface area contributed by atoms with Crippen LogP contribution >= 0.6 is 0 Å². The first kappa shape index (κ1) is 22.2. The molecule has 2 aromatic carbocycles. The van der Waals surface area contributed by atoms with Gasteiger partial charge >= 0.3 is 204 Å². The van der Waals surface area contributed by atoms with E-state index in [1.54, 1.807) is 18.5 Å². The Kier molecular flexibility index (Phi) is 5.34. The summed E-state index contributed by atoms with van der Waals surface area (Å²) in [5.74, 6) is 0. The molecule has 32 heavy (non-hydrogen) atoms. The molecule has 5 aromatic rings. The number of hydrogen-bond acceptors (Lipinski definition) is 1. The Hall–Kier alpha value is -1.63. The van der Waals surface area contributed by atoms with Gasteiger partial charge in [0.2, 0.25) is 0 Å². The van der Waals surface area contributed by atoms with Crippen LogP contribution in [0.5, 0.6) is 0 Å². The van der Waals surface area contributed by atoms with Gasteiger partial charge < -0.3 is 0 Å². The molecule has 0 N–H and O–H groups in total. The number of nitrogens with zero attached hydrogens (tertiary/aromatic N) is 1. The van der Waals surface area contributed by atoms with Crippen molar-refractivity contribution in [2.45, 2.75) is 60.3 Å². The number of rotatable bonds is 2. The molecule has 0 bridgehead atoms. The van der Waals surface area contributed by atoms with Gasteiger partial charge in [-0.3, -0.25) is 0 Å². The predicted molar refractivity (Wildman–Crippen MR) is 143 cm³/mol. The van der Waals surface area contributed by atoms with Crippen molar-refractivity contribution < 1.29 is 0 Å². The molecule has 0 saturated carbocycles. The van der Waals surface area contributed by atoms with Crippen molar-refractivity contribution in [1.82, 2.24) is 4.98 Å². The second-order valence-electron chi connectivity index (χ2n) is 11.2. The summed E-state index contributed by atoms with van der Waals surface area (Å²) in [4.78, 5) is 4.96. The number of aryl methyl sites for hydroxylation is 1. The molecule has 0 radical (unpaired) electrons. The maximum absolute atomic E-state index is 4.96. The first-order valence-corrected chi connectivity index (χ1v) is 14.8. The molecule has 0 unspecified atom stereocenters. The van der Waals surface area contributed by atoms with Crippen molar-refractivity contribution in [1.29, 1.82) is 0 Å². The number of hydrogen-bond donors (Lipinski definition) is 0. The van der Waals surface area contributed by atoms with E-state index in [0.29, 0.717) is 34.4 Å². The first-order chi connectivity index (χ1) is 15.0. The summed E-state index contributed by atoms with van der Waals surface area (Å²) in [5, 5.41) is 5.70. The number of pyridine rings is 1.